The van der Waals surface area contributed by atoms with E-state index < -0.39 is 5.97 Å². The zero-order chi connectivity index (χ0) is 13.8. The lowest BCUT2D eigenvalue weighted by Gasteiger charge is -2.07. The third-order valence-electron chi connectivity index (χ3n) is 2.78. The maximum Gasteiger partial charge on any atom is 0.338 e. The zero-order valence-electron chi connectivity index (χ0n) is 10.3. The smallest absolute Gasteiger partial charge is 0.338 e. The van der Waals surface area contributed by atoms with Gasteiger partial charge in [0.25, 0.3) is 0 Å². The van der Waals surface area contributed by atoms with Crippen LogP contribution in [-0.2, 0) is 11.3 Å². The summed E-state index contributed by atoms with van der Waals surface area (Å²) in [4.78, 5) is 11.9. The molecular weight excluding hydrogens is 283 g/mol. The van der Waals surface area contributed by atoms with Gasteiger partial charge >= 0.3 is 5.97 Å². The highest BCUT2D eigenvalue weighted by atomic mass is 35.5. The van der Waals surface area contributed by atoms with Gasteiger partial charge in [-0.3, -0.25) is 0 Å². The average molecular weight is 295 g/mol. The number of aryl methyl sites for hydroxylation is 1. The molecule has 0 amide bonds. The standard InChI is InChI=1S/C15H12Cl2O2/c1-10-4-2-3-5-12(10)9-19-15(18)11-6-7-13(16)14(17)8-11/h2-8H,9H2,1H3. The first-order chi connectivity index (χ1) is 9.08. The summed E-state index contributed by atoms with van der Waals surface area (Å²) in [6.45, 7) is 2.22. The lowest BCUT2D eigenvalue weighted by Crippen LogP contribution is -2.06. The van der Waals surface area contributed by atoms with E-state index in [1.54, 1.807) is 12.1 Å². The van der Waals surface area contributed by atoms with E-state index in [1.165, 1.54) is 6.07 Å². The van der Waals surface area contributed by atoms with E-state index >= 15 is 0 Å². The van der Waals surface area contributed by atoms with Gasteiger partial charge in [0.05, 0.1) is 15.6 Å². The van der Waals surface area contributed by atoms with Crippen LogP contribution >= 0.6 is 23.2 Å². The Labute approximate surface area is 121 Å². The van der Waals surface area contributed by atoms with E-state index in [9.17, 15) is 4.79 Å². The quantitative estimate of drug-likeness (QED) is 0.770. The van der Waals surface area contributed by atoms with Gasteiger partial charge in [-0.25, -0.2) is 4.79 Å². The van der Waals surface area contributed by atoms with Crippen LogP contribution in [0.5, 0.6) is 0 Å². The Bertz CT molecular complexity index is 609. The lowest BCUT2D eigenvalue weighted by atomic mass is 10.1. The van der Waals surface area contributed by atoms with Gasteiger partial charge in [0, 0.05) is 0 Å². The number of hydrogen-bond donors (Lipinski definition) is 0. The second-order valence-electron chi connectivity index (χ2n) is 4.13. The Morgan fingerprint density at radius 2 is 1.84 bits per heavy atom. The first kappa shape index (κ1) is 13.9. The first-order valence-corrected chi connectivity index (χ1v) is 6.50. The second-order valence-corrected chi connectivity index (χ2v) is 4.95. The Hall–Kier alpha value is -1.51. The van der Waals surface area contributed by atoms with E-state index in [0.717, 1.165) is 11.1 Å². The van der Waals surface area contributed by atoms with Gasteiger partial charge < -0.3 is 4.74 Å². The molecule has 0 aromatic heterocycles. The van der Waals surface area contributed by atoms with Crippen LogP contribution in [0.3, 0.4) is 0 Å². The maximum atomic E-state index is 11.9. The number of benzene rings is 2. The molecular formula is C15H12Cl2O2. The monoisotopic (exact) mass is 294 g/mol. The number of ether oxygens (including phenoxy) is 1. The van der Waals surface area contributed by atoms with Gasteiger partial charge in [-0.05, 0) is 36.2 Å². The normalized spacial score (nSPS) is 10.3. The molecule has 0 saturated heterocycles. The van der Waals surface area contributed by atoms with Gasteiger partial charge in [-0.1, -0.05) is 47.5 Å². The number of carbonyl (C=O) groups is 1. The summed E-state index contributed by atoms with van der Waals surface area (Å²) in [6, 6.07) is 12.4. The fourth-order valence-corrected chi connectivity index (χ4v) is 1.92. The van der Waals surface area contributed by atoms with Gasteiger partial charge in [0.1, 0.15) is 6.61 Å². The lowest BCUT2D eigenvalue weighted by molar-refractivity contribution is 0.0472. The fraction of sp³-hybridized carbons (Fsp3) is 0.133. The molecule has 0 aliphatic rings. The molecule has 0 spiro atoms. The Morgan fingerprint density at radius 1 is 1.11 bits per heavy atom. The summed E-state index contributed by atoms with van der Waals surface area (Å²) >= 11 is 11.7. The van der Waals surface area contributed by atoms with Crippen molar-refractivity contribution in [3.8, 4) is 0 Å². The van der Waals surface area contributed by atoms with Crippen LogP contribution in [0.2, 0.25) is 10.0 Å². The first-order valence-electron chi connectivity index (χ1n) is 5.74. The van der Waals surface area contributed by atoms with Crippen LogP contribution in [-0.4, -0.2) is 5.97 Å². The average Bonchev–Trinajstić information content (AvgIpc) is 2.40. The number of carbonyl (C=O) groups excluding carboxylic acids is 1. The summed E-state index contributed by atoms with van der Waals surface area (Å²) < 4.78 is 5.25. The number of halogens is 2. The summed E-state index contributed by atoms with van der Waals surface area (Å²) in [6.07, 6.45) is 0. The van der Waals surface area contributed by atoms with E-state index in [0.29, 0.717) is 15.6 Å². The molecule has 0 aliphatic heterocycles. The topological polar surface area (TPSA) is 26.3 Å². The molecule has 0 unspecified atom stereocenters. The maximum absolute atomic E-state index is 11.9. The minimum atomic E-state index is -0.415. The molecule has 0 heterocycles. The van der Waals surface area contributed by atoms with Crippen molar-refractivity contribution in [1.29, 1.82) is 0 Å². The molecule has 0 aliphatic carbocycles. The SMILES string of the molecule is Cc1ccccc1COC(=O)c1ccc(Cl)c(Cl)c1. The molecule has 4 heteroatoms. The predicted molar refractivity (Wildman–Crippen MR) is 76.8 cm³/mol. The van der Waals surface area contributed by atoms with Gasteiger partial charge in [-0.15, -0.1) is 0 Å². The van der Waals surface area contributed by atoms with Gasteiger partial charge in [-0.2, -0.15) is 0 Å². The molecule has 2 rings (SSSR count). The van der Waals surface area contributed by atoms with Crippen molar-refractivity contribution in [1.82, 2.24) is 0 Å². The van der Waals surface area contributed by atoms with Crippen LogP contribution < -0.4 is 0 Å². The molecule has 2 aromatic carbocycles. The minimum absolute atomic E-state index is 0.242. The van der Waals surface area contributed by atoms with Crippen molar-refractivity contribution in [2.45, 2.75) is 13.5 Å². The molecule has 19 heavy (non-hydrogen) atoms. The van der Waals surface area contributed by atoms with Gasteiger partial charge in [0.2, 0.25) is 0 Å². The molecule has 98 valence electrons. The molecule has 2 aromatic rings. The molecule has 0 N–H and O–H groups in total. The van der Waals surface area contributed by atoms with E-state index in [4.69, 9.17) is 27.9 Å². The molecule has 2 nitrogen and oxygen atoms in total. The van der Waals surface area contributed by atoms with Gasteiger partial charge in [0.15, 0.2) is 0 Å². The summed E-state index contributed by atoms with van der Waals surface area (Å²) in [7, 11) is 0. The molecule has 0 saturated carbocycles. The van der Waals surface area contributed by atoms with E-state index in [2.05, 4.69) is 0 Å². The highest BCUT2D eigenvalue weighted by Gasteiger charge is 2.10. The molecule has 0 fully saturated rings. The Morgan fingerprint density at radius 3 is 2.53 bits per heavy atom. The van der Waals surface area contributed by atoms with Crippen LogP contribution in [0.1, 0.15) is 21.5 Å². The summed E-state index contributed by atoms with van der Waals surface area (Å²) in [5.41, 5.74) is 2.46. The van der Waals surface area contributed by atoms with E-state index in [1.807, 2.05) is 31.2 Å². The van der Waals surface area contributed by atoms with Crippen molar-refractivity contribution in [3.05, 3.63) is 69.2 Å². The zero-order valence-corrected chi connectivity index (χ0v) is 11.8. The van der Waals surface area contributed by atoms with Crippen molar-refractivity contribution in [2.75, 3.05) is 0 Å². The third-order valence-corrected chi connectivity index (χ3v) is 3.51. The van der Waals surface area contributed by atoms with Crippen molar-refractivity contribution < 1.29 is 9.53 Å². The molecule has 0 bridgehead atoms. The third kappa shape index (κ3) is 3.49. The number of hydrogen-bond acceptors (Lipinski definition) is 2. The van der Waals surface area contributed by atoms with Crippen LogP contribution in [0.25, 0.3) is 0 Å². The van der Waals surface area contributed by atoms with E-state index in [-0.39, 0.29) is 6.61 Å². The molecule has 0 atom stereocenters. The van der Waals surface area contributed by atoms with Crippen LogP contribution in [0, 0.1) is 6.92 Å². The molecule has 0 radical (unpaired) electrons. The fourth-order valence-electron chi connectivity index (χ4n) is 1.62. The highest BCUT2D eigenvalue weighted by Crippen LogP contribution is 2.23. The van der Waals surface area contributed by atoms with Crippen molar-refractivity contribution >= 4 is 29.2 Å². The van der Waals surface area contributed by atoms with Crippen LogP contribution in [0.15, 0.2) is 42.5 Å². The largest absolute Gasteiger partial charge is 0.457 e. The summed E-state index contributed by atoms with van der Waals surface area (Å²) in [5, 5.41) is 0.754. The minimum Gasteiger partial charge on any atom is -0.457 e. The summed E-state index contributed by atoms with van der Waals surface area (Å²) in [5.74, 6) is -0.415. The highest BCUT2D eigenvalue weighted by molar-refractivity contribution is 6.42. The number of esters is 1. The predicted octanol–water partition coefficient (Wildman–Crippen LogP) is 4.66. The van der Waals surface area contributed by atoms with Crippen molar-refractivity contribution in [3.63, 3.8) is 0 Å². The Balaban J connectivity index is 2.05. The van der Waals surface area contributed by atoms with Crippen molar-refractivity contribution in [2.24, 2.45) is 0 Å². The number of rotatable bonds is 3. The second kappa shape index (κ2) is 6.09. The Kier molecular flexibility index (Phi) is 4.46. The van der Waals surface area contributed by atoms with Crippen LogP contribution in [0.4, 0.5) is 0 Å².